The summed E-state index contributed by atoms with van der Waals surface area (Å²) < 4.78 is 0. The molecule has 5 rings (SSSR count). The van der Waals surface area contributed by atoms with E-state index in [4.69, 9.17) is 0 Å². The smallest absolute Gasteiger partial charge is 0.323 e. The predicted octanol–water partition coefficient (Wildman–Crippen LogP) is 5.27. The number of hydrogen-bond acceptors (Lipinski definition) is 3. The second kappa shape index (κ2) is 8.11. The normalized spacial score (nSPS) is 14.9. The molecule has 0 aliphatic carbocycles. The molecule has 2 aromatic heterocycles. The molecule has 1 aliphatic rings. The molecule has 1 aliphatic heterocycles. The van der Waals surface area contributed by atoms with E-state index < -0.39 is 0 Å². The average Bonchev–Trinajstić information content (AvgIpc) is 2.79. The Balaban J connectivity index is 1.18. The van der Waals surface area contributed by atoms with E-state index in [2.05, 4.69) is 57.7 Å². The van der Waals surface area contributed by atoms with Gasteiger partial charge in [-0.3, -0.25) is 10.3 Å². The summed E-state index contributed by atoms with van der Waals surface area (Å²) in [6.07, 6.45) is 4.86. The van der Waals surface area contributed by atoms with Crippen molar-refractivity contribution in [2.45, 2.75) is 19.3 Å². The molecule has 5 heteroatoms. The van der Waals surface area contributed by atoms with Gasteiger partial charge in [0, 0.05) is 19.3 Å². The zero-order chi connectivity index (χ0) is 20.3. The second-order valence-corrected chi connectivity index (χ2v) is 7.98. The van der Waals surface area contributed by atoms with Crippen LogP contribution < -0.4 is 5.32 Å². The molecule has 1 N–H and O–H groups in total. The number of likely N-dealkylation sites (tertiary alicyclic amines) is 1. The summed E-state index contributed by atoms with van der Waals surface area (Å²) in [5.41, 5.74) is 2.99. The average molecular weight is 396 g/mol. The number of piperidine rings is 1. The first-order chi connectivity index (χ1) is 14.7. The minimum Gasteiger partial charge on any atom is -0.324 e. The standard InChI is InChI=1S/C25H24N4O/c30-25(28-24-10-9-22-23(27-24)6-3-13-26-22)29-14-11-18(12-15-29)16-19-7-8-20-4-1-2-5-21(20)17-19/h1-10,13,17-18H,11-12,14-16H2,(H,27,28,30). The number of amides is 2. The minimum atomic E-state index is -0.0742. The molecule has 2 aromatic carbocycles. The van der Waals surface area contributed by atoms with Gasteiger partial charge in [0.2, 0.25) is 0 Å². The van der Waals surface area contributed by atoms with Gasteiger partial charge < -0.3 is 4.90 Å². The van der Waals surface area contributed by atoms with Gasteiger partial charge in [0.25, 0.3) is 0 Å². The van der Waals surface area contributed by atoms with Crippen molar-refractivity contribution in [1.82, 2.24) is 14.9 Å². The number of nitrogens with zero attached hydrogens (tertiary/aromatic N) is 3. The molecule has 1 saturated heterocycles. The summed E-state index contributed by atoms with van der Waals surface area (Å²) in [6.45, 7) is 1.55. The van der Waals surface area contributed by atoms with Crippen molar-refractivity contribution >= 4 is 33.7 Å². The summed E-state index contributed by atoms with van der Waals surface area (Å²) in [5.74, 6) is 1.18. The van der Waals surface area contributed by atoms with Gasteiger partial charge in [0.15, 0.2) is 0 Å². The predicted molar refractivity (Wildman–Crippen MR) is 121 cm³/mol. The number of carbonyl (C=O) groups excluding carboxylic acids is 1. The van der Waals surface area contributed by atoms with Crippen molar-refractivity contribution in [3.63, 3.8) is 0 Å². The molecule has 2 amide bonds. The van der Waals surface area contributed by atoms with Gasteiger partial charge in [0.1, 0.15) is 5.82 Å². The third-order valence-electron chi connectivity index (χ3n) is 5.93. The maximum atomic E-state index is 12.7. The van der Waals surface area contributed by atoms with Crippen molar-refractivity contribution in [2.24, 2.45) is 5.92 Å². The van der Waals surface area contributed by atoms with Gasteiger partial charge in [-0.2, -0.15) is 0 Å². The summed E-state index contributed by atoms with van der Waals surface area (Å²) in [4.78, 5) is 23.3. The summed E-state index contributed by atoms with van der Waals surface area (Å²) in [5, 5.41) is 5.52. The molecule has 0 spiro atoms. The zero-order valence-electron chi connectivity index (χ0n) is 16.8. The van der Waals surface area contributed by atoms with Crippen molar-refractivity contribution < 1.29 is 4.79 Å². The number of pyridine rings is 2. The molecular weight excluding hydrogens is 372 g/mol. The highest BCUT2D eigenvalue weighted by molar-refractivity contribution is 5.89. The molecule has 0 saturated carbocycles. The summed E-state index contributed by atoms with van der Waals surface area (Å²) >= 11 is 0. The van der Waals surface area contributed by atoms with E-state index in [1.165, 1.54) is 16.3 Å². The number of anilines is 1. The van der Waals surface area contributed by atoms with Crippen LogP contribution in [0.3, 0.4) is 0 Å². The molecule has 0 bridgehead atoms. The number of hydrogen-bond donors (Lipinski definition) is 1. The maximum absolute atomic E-state index is 12.7. The van der Waals surface area contributed by atoms with Crippen LogP contribution in [0.4, 0.5) is 10.6 Å². The molecule has 3 heterocycles. The number of fused-ring (bicyclic) bond motifs is 2. The Labute approximate surface area is 175 Å². The van der Waals surface area contributed by atoms with Crippen molar-refractivity contribution in [1.29, 1.82) is 0 Å². The van der Waals surface area contributed by atoms with Gasteiger partial charge in [0.05, 0.1) is 11.0 Å². The van der Waals surface area contributed by atoms with Crippen LogP contribution in [0.5, 0.6) is 0 Å². The van der Waals surface area contributed by atoms with Crippen LogP contribution in [0.15, 0.2) is 72.9 Å². The van der Waals surface area contributed by atoms with Gasteiger partial charge >= 0.3 is 6.03 Å². The van der Waals surface area contributed by atoms with Gasteiger partial charge in [-0.25, -0.2) is 9.78 Å². The first-order valence-corrected chi connectivity index (χ1v) is 10.5. The number of rotatable bonds is 3. The Morgan fingerprint density at radius 2 is 1.77 bits per heavy atom. The molecule has 5 nitrogen and oxygen atoms in total. The quantitative estimate of drug-likeness (QED) is 0.513. The molecule has 0 unspecified atom stereocenters. The zero-order valence-corrected chi connectivity index (χ0v) is 16.8. The fraction of sp³-hybridized carbons (Fsp3) is 0.240. The highest BCUT2D eigenvalue weighted by atomic mass is 16.2. The molecule has 0 atom stereocenters. The van der Waals surface area contributed by atoms with Crippen LogP contribution in [0.25, 0.3) is 21.8 Å². The Kier molecular flexibility index (Phi) is 5.01. The van der Waals surface area contributed by atoms with Crippen LogP contribution in [0.2, 0.25) is 0 Å². The van der Waals surface area contributed by atoms with Crippen LogP contribution in [-0.2, 0) is 6.42 Å². The summed E-state index contributed by atoms with van der Waals surface area (Å²) in [6, 6.07) is 22.6. The molecule has 4 aromatic rings. The minimum absolute atomic E-state index is 0.0742. The molecule has 1 fully saturated rings. The fourth-order valence-electron chi connectivity index (χ4n) is 4.25. The third kappa shape index (κ3) is 3.96. The van der Waals surface area contributed by atoms with Crippen LogP contribution in [0.1, 0.15) is 18.4 Å². The first kappa shape index (κ1) is 18.6. The second-order valence-electron chi connectivity index (χ2n) is 7.98. The van der Waals surface area contributed by atoms with E-state index in [0.717, 1.165) is 43.4 Å². The molecule has 150 valence electrons. The van der Waals surface area contributed by atoms with Gasteiger partial charge in [-0.05, 0) is 65.8 Å². The van der Waals surface area contributed by atoms with E-state index in [-0.39, 0.29) is 6.03 Å². The third-order valence-corrected chi connectivity index (χ3v) is 5.93. The van der Waals surface area contributed by atoms with E-state index in [1.54, 1.807) is 12.3 Å². The molecule has 0 radical (unpaired) electrons. The monoisotopic (exact) mass is 396 g/mol. The topological polar surface area (TPSA) is 58.1 Å². The van der Waals surface area contributed by atoms with Crippen LogP contribution >= 0.6 is 0 Å². The fourth-order valence-corrected chi connectivity index (χ4v) is 4.25. The number of urea groups is 1. The largest absolute Gasteiger partial charge is 0.324 e. The lowest BCUT2D eigenvalue weighted by molar-refractivity contribution is 0.182. The van der Waals surface area contributed by atoms with Crippen LogP contribution in [0, 0.1) is 5.92 Å². The van der Waals surface area contributed by atoms with Crippen molar-refractivity contribution in [3.8, 4) is 0 Å². The van der Waals surface area contributed by atoms with Gasteiger partial charge in [-0.15, -0.1) is 0 Å². The number of benzene rings is 2. The highest BCUT2D eigenvalue weighted by Crippen LogP contribution is 2.24. The Morgan fingerprint density at radius 3 is 2.63 bits per heavy atom. The van der Waals surface area contributed by atoms with Crippen molar-refractivity contribution in [2.75, 3.05) is 18.4 Å². The Bertz CT molecular complexity index is 1200. The molecule has 30 heavy (non-hydrogen) atoms. The number of nitrogens with one attached hydrogen (secondary N) is 1. The first-order valence-electron chi connectivity index (χ1n) is 10.5. The lowest BCUT2D eigenvalue weighted by Crippen LogP contribution is -2.41. The van der Waals surface area contributed by atoms with Crippen molar-refractivity contribution in [3.05, 3.63) is 78.5 Å². The molecular formula is C25H24N4O. The highest BCUT2D eigenvalue weighted by Gasteiger charge is 2.23. The lowest BCUT2D eigenvalue weighted by atomic mass is 9.89. The van der Waals surface area contributed by atoms with Gasteiger partial charge in [-0.1, -0.05) is 42.5 Å². The van der Waals surface area contributed by atoms with Crippen LogP contribution in [-0.4, -0.2) is 34.0 Å². The lowest BCUT2D eigenvalue weighted by Gasteiger charge is -2.32. The van der Waals surface area contributed by atoms with E-state index in [1.807, 2.05) is 23.1 Å². The Morgan fingerprint density at radius 1 is 0.933 bits per heavy atom. The van der Waals surface area contributed by atoms with E-state index in [9.17, 15) is 4.79 Å². The number of aromatic nitrogens is 2. The van der Waals surface area contributed by atoms with E-state index >= 15 is 0 Å². The number of carbonyl (C=O) groups is 1. The SMILES string of the molecule is O=C(Nc1ccc2ncccc2n1)N1CCC(Cc2ccc3ccccc3c2)CC1. The van der Waals surface area contributed by atoms with E-state index in [0.29, 0.717) is 11.7 Å². The Hall–Kier alpha value is -3.47. The summed E-state index contributed by atoms with van der Waals surface area (Å²) in [7, 11) is 0. The maximum Gasteiger partial charge on any atom is 0.323 e.